The molecule has 1 N–H and O–H groups in total. The van der Waals surface area contributed by atoms with Crippen LogP contribution in [0.1, 0.15) is 62.6 Å². The molecule has 0 aromatic carbocycles. The van der Waals surface area contributed by atoms with Crippen molar-refractivity contribution in [3.63, 3.8) is 0 Å². The van der Waals surface area contributed by atoms with E-state index in [1.54, 1.807) is 0 Å². The number of nitrogens with one attached hydrogen (secondary N) is 1. The molecule has 3 atom stereocenters. The molecule has 1 aromatic heterocycles. The van der Waals surface area contributed by atoms with Crippen LogP contribution in [0.4, 0.5) is 0 Å². The molecule has 3 rings (SSSR count). The lowest BCUT2D eigenvalue weighted by Gasteiger charge is -2.18. The van der Waals surface area contributed by atoms with Crippen LogP contribution in [0.15, 0.2) is 4.52 Å². The summed E-state index contributed by atoms with van der Waals surface area (Å²) in [4.78, 5) is 4.63. The van der Waals surface area contributed by atoms with Crippen molar-refractivity contribution in [2.75, 3.05) is 13.1 Å². The summed E-state index contributed by atoms with van der Waals surface area (Å²) in [6.07, 6.45) is 6.14. The van der Waals surface area contributed by atoms with Crippen molar-refractivity contribution < 1.29 is 4.52 Å². The number of hydrogen-bond acceptors (Lipinski definition) is 4. The predicted octanol–water partition coefficient (Wildman–Crippen LogP) is 2.44. The van der Waals surface area contributed by atoms with Crippen molar-refractivity contribution in [3.8, 4) is 0 Å². The predicted molar refractivity (Wildman–Crippen MR) is 64.9 cm³/mol. The van der Waals surface area contributed by atoms with Crippen LogP contribution in [0, 0.1) is 5.92 Å². The van der Waals surface area contributed by atoms with Crippen molar-refractivity contribution in [1.82, 2.24) is 15.5 Å². The zero-order valence-electron chi connectivity index (χ0n) is 10.5. The first kappa shape index (κ1) is 11.2. The van der Waals surface area contributed by atoms with E-state index in [1.807, 2.05) is 0 Å². The molecular formula is C13H21N3O. The first-order chi connectivity index (χ1) is 8.33. The largest absolute Gasteiger partial charge is 0.339 e. The Bertz CT molecular complexity index is 351. The Balaban J connectivity index is 1.69. The number of aromatic nitrogens is 2. The van der Waals surface area contributed by atoms with E-state index in [2.05, 4.69) is 22.4 Å². The molecule has 4 nitrogen and oxygen atoms in total. The summed E-state index contributed by atoms with van der Waals surface area (Å²) in [6.45, 7) is 4.42. The highest BCUT2D eigenvalue weighted by Gasteiger charge is 2.28. The maximum atomic E-state index is 5.45. The minimum absolute atomic E-state index is 0.434. The summed E-state index contributed by atoms with van der Waals surface area (Å²) in [6, 6.07) is 0. The Morgan fingerprint density at radius 1 is 1.24 bits per heavy atom. The molecule has 2 aliphatic rings. The lowest BCUT2D eigenvalue weighted by Crippen LogP contribution is -2.28. The van der Waals surface area contributed by atoms with E-state index in [0.29, 0.717) is 11.8 Å². The number of rotatable bonds is 2. The van der Waals surface area contributed by atoms with Crippen molar-refractivity contribution in [3.05, 3.63) is 11.7 Å². The Labute approximate surface area is 102 Å². The van der Waals surface area contributed by atoms with Gasteiger partial charge in [-0.1, -0.05) is 12.1 Å². The Kier molecular flexibility index (Phi) is 3.14. The highest BCUT2D eigenvalue weighted by Crippen LogP contribution is 2.37. The third-order valence-electron chi connectivity index (χ3n) is 4.16. The minimum atomic E-state index is 0.434. The second-order valence-electron chi connectivity index (χ2n) is 5.65. The van der Waals surface area contributed by atoms with E-state index in [9.17, 15) is 0 Å². The van der Waals surface area contributed by atoms with Crippen molar-refractivity contribution >= 4 is 0 Å². The fraction of sp³-hybridized carbons (Fsp3) is 0.846. The van der Waals surface area contributed by atoms with Gasteiger partial charge in [0.05, 0.1) is 5.92 Å². The SMILES string of the molecule is CC1CCC(c2noc([C@H]3CCCNC3)n2)C1. The van der Waals surface area contributed by atoms with Gasteiger partial charge in [0.1, 0.15) is 0 Å². The van der Waals surface area contributed by atoms with Crippen LogP contribution in [0.2, 0.25) is 0 Å². The fourth-order valence-electron chi connectivity index (χ4n) is 3.08. The highest BCUT2D eigenvalue weighted by atomic mass is 16.5. The molecule has 0 radical (unpaired) electrons. The molecule has 1 aromatic rings. The van der Waals surface area contributed by atoms with Gasteiger partial charge >= 0.3 is 0 Å². The van der Waals surface area contributed by atoms with Crippen LogP contribution in [-0.4, -0.2) is 23.2 Å². The zero-order chi connectivity index (χ0) is 11.7. The van der Waals surface area contributed by atoms with Gasteiger partial charge in [-0.15, -0.1) is 0 Å². The topological polar surface area (TPSA) is 51.0 Å². The Morgan fingerprint density at radius 3 is 2.88 bits per heavy atom. The number of nitrogens with zero attached hydrogens (tertiary/aromatic N) is 2. The normalized spacial score (nSPS) is 34.1. The third kappa shape index (κ3) is 2.37. The van der Waals surface area contributed by atoms with E-state index in [1.165, 1.54) is 32.1 Å². The quantitative estimate of drug-likeness (QED) is 0.855. The molecule has 1 saturated carbocycles. The molecule has 2 fully saturated rings. The molecule has 4 heteroatoms. The molecule has 0 amide bonds. The van der Waals surface area contributed by atoms with Gasteiger partial charge in [-0.2, -0.15) is 4.98 Å². The minimum Gasteiger partial charge on any atom is -0.339 e. The van der Waals surface area contributed by atoms with Gasteiger partial charge in [-0.05, 0) is 44.6 Å². The number of piperidine rings is 1. The lowest BCUT2D eigenvalue weighted by molar-refractivity contribution is 0.318. The second kappa shape index (κ2) is 4.77. The average molecular weight is 235 g/mol. The molecule has 0 bridgehead atoms. The molecule has 17 heavy (non-hydrogen) atoms. The first-order valence-corrected chi connectivity index (χ1v) is 6.87. The van der Waals surface area contributed by atoms with E-state index in [-0.39, 0.29) is 0 Å². The van der Waals surface area contributed by atoms with Crippen molar-refractivity contribution in [1.29, 1.82) is 0 Å². The van der Waals surface area contributed by atoms with Crippen molar-refractivity contribution in [2.24, 2.45) is 5.92 Å². The Morgan fingerprint density at radius 2 is 2.18 bits per heavy atom. The maximum Gasteiger partial charge on any atom is 0.231 e. The second-order valence-corrected chi connectivity index (χ2v) is 5.65. The summed E-state index contributed by atoms with van der Waals surface area (Å²) in [7, 11) is 0. The fourth-order valence-corrected chi connectivity index (χ4v) is 3.08. The monoisotopic (exact) mass is 235 g/mol. The van der Waals surface area contributed by atoms with Crippen LogP contribution in [0.25, 0.3) is 0 Å². The summed E-state index contributed by atoms with van der Waals surface area (Å²) in [5, 5.41) is 7.59. The van der Waals surface area contributed by atoms with Crippen LogP contribution < -0.4 is 5.32 Å². The third-order valence-corrected chi connectivity index (χ3v) is 4.16. The molecule has 0 spiro atoms. The summed E-state index contributed by atoms with van der Waals surface area (Å²) >= 11 is 0. The molecular weight excluding hydrogens is 214 g/mol. The molecule has 1 aliphatic heterocycles. The standard InChI is InChI=1S/C13H21N3O/c1-9-4-5-10(7-9)12-15-13(17-16-12)11-3-2-6-14-8-11/h9-11,14H,2-8H2,1H3/t9?,10?,11-/m0/s1. The first-order valence-electron chi connectivity index (χ1n) is 6.87. The van der Waals surface area contributed by atoms with Crippen LogP contribution >= 0.6 is 0 Å². The van der Waals surface area contributed by atoms with E-state index >= 15 is 0 Å². The van der Waals surface area contributed by atoms with Gasteiger partial charge in [0.25, 0.3) is 0 Å². The van der Waals surface area contributed by atoms with Gasteiger partial charge in [0.15, 0.2) is 5.82 Å². The highest BCUT2D eigenvalue weighted by molar-refractivity contribution is 5.02. The van der Waals surface area contributed by atoms with Crippen LogP contribution in [-0.2, 0) is 0 Å². The van der Waals surface area contributed by atoms with Crippen LogP contribution in [0.5, 0.6) is 0 Å². The summed E-state index contributed by atoms with van der Waals surface area (Å²) < 4.78 is 5.45. The maximum absolute atomic E-state index is 5.45. The van der Waals surface area contributed by atoms with E-state index in [4.69, 9.17) is 4.52 Å². The Hall–Kier alpha value is -0.900. The summed E-state index contributed by atoms with van der Waals surface area (Å²) in [5.74, 6) is 3.60. The van der Waals surface area contributed by atoms with Gasteiger partial charge in [-0.3, -0.25) is 0 Å². The van der Waals surface area contributed by atoms with Crippen LogP contribution in [0.3, 0.4) is 0 Å². The van der Waals surface area contributed by atoms with E-state index in [0.717, 1.165) is 30.7 Å². The van der Waals surface area contributed by atoms with Gasteiger partial charge in [-0.25, -0.2) is 0 Å². The smallest absolute Gasteiger partial charge is 0.231 e. The van der Waals surface area contributed by atoms with E-state index < -0.39 is 0 Å². The summed E-state index contributed by atoms with van der Waals surface area (Å²) in [5.41, 5.74) is 0. The molecule has 1 aliphatic carbocycles. The molecule has 2 unspecified atom stereocenters. The van der Waals surface area contributed by atoms with Crippen molar-refractivity contribution in [2.45, 2.75) is 50.9 Å². The molecule has 2 heterocycles. The van der Waals surface area contributed by atoms with Gasteiger partial charge in [0.2, 0.25) is 5.89 Å². The zero-order valence-corrected chi connectivity index (χ0v) is 10.5. The average Bonchev–Trinajstić information content (AvgIpc) is 2.98. The number of hydrogen-bond donors (Lipinski definition) is 1. The van der Waals surface area contributed by atoms with Gasteiger partial charge in [0, 0.05) is 12.5 Å². The molecule has 94 valence electrons. The molecule has 1 saturated heterocycles. The van der Waals surface area contributed by atoms with Gasteiger partial charge < -0.3 is 9.84 Å². The lowest BCUT2D eigenvalue weighted by atomic mass is 9.99.